The molecule has 0 atom stereocenters. The Bertz CT molecular complexity index is 1060. The molecule has 1 aliphatic rings. The van der Waals surface area contributed by atoms with Gasteiger partial charge in [0, 0.05) is 31.4 Å². The zero-order chi connectivity index (χ0) is 22.0. The minimum absolute atomic E-state index is 0.493. The summed E-state index contributed by atoms with van der Waals surface area (Å²) in [6, 6.07) is 11.3. The molecule has 4 rings (SSSR count). The molecule has 0 N–H and O–H groups in total. The highest BCUT2D eigenvalue weighted by Crippen LogP contribution is 2.40. The van der Waals surface area contributed by atoms with E-state index in [-0.39, 0.29) is 0 Å². The molecule has 0 saturated carbocycles. The number of benzene rings is 1. The van der Waals surface area contributed by atoms with E-state index in [2.05, 4.69) is 66.8 Å². The fraction of sp³-hybridized carbons (Fsp3) is 0.480. The quantitative estimate of drug-likeness (QED) is 0.439. The maximum atomic E-state index is 5.78. The molecule has 0 unspecified atom stereocenters. The van der Waals surface area contributed by atoms with Gasteiger partial charge < -0.3 is 14.4 Å². The van der Waals surface area contributed by atoms with Crippen LogP contribution in [0, 0.1) is 13.8 Å². The maximum Gasteiger partial charge on any atom is 0.142 e. The molecule has 5 nitrogen and oxygen atoms in total. The molecule has 0 bridgehead atoms. The first-order valence-electron chi connectivity index (χ1n) is 11.1. The molecule has 2 aromatic heterocycles. The van der Waals surface area contributed by atoms with Gasteiger partial charge in [0.25, 0.3) is 0 Å². The molecule has 0 aliphatic carbocycles. The third-order valence-corrected chi connectivity index (χ3v) is 6.76. The molecule has 3 heterocycles. The van der Waals surface area contributed by atoms with Crippen molar-refractivity contribution in [2.45, 2.75) is 51.1 Å². The summed E-state index contributed by atoms with van der Waals surface area (Å²) in [5.41, 5.74) is 6.98. The third kappa shape index (κ3) is 4.15. The highest BCUT2D eigenvalue weighted by atomic mass is 32.2. The number of hydrogen-bond donors (Lipinski definition) is 0. The van der Waals surface area contributed by atoms with Crippen LogP contribution in [0.15, 0.2) is 35.4 Å². The van der Waals surface area contributed by atoms with Gasteiger partial charge in [-0.25, -0.2) is 4.52 Å². The van der Waals surface area contributed by atoms with E-state index in [1.54, 1.807) is 18.9 Å². The Hall–Kier alpha value is -2.18. The number of aryl methyl sites for hydroxylation is 2. The monoisotopic (exact) mass is 439 g/mol. The van der Waals surface area contributed by atoms with E-state index in [9.17, 15) is 0 Å². The number of hydrogen-bond acceptors (Lipinski definition) is 5. The van der Waals surface area contributed by atoms with Gasteiger partial charge in [-0.05, 0) is 68.7 Å². The molecule has 6 heteroatoms. The molecule has 3 aromatic rings. The fourth-order valence-electron chi connectivity index (χ4n) is 4.77. The topological polar surface area (TPSA) is 39.0 Å². The first-order chi connectivity index (χ1) is 15.1. The van der Waals surface area contributed by atoms with Gasteiger partial charge in [-0.15, -0.1) is 11.8 Å². The minimum atomic E-state index is 0.493. The van der Waals surface area contributed by atoms with Crippen LogP contribution in [0.3, 0.4) is 0 Å². The van der Waals surface area contributed by atoms with Gasteiger partial charge in [-0.1, -0.05) is 19.1 Å². The Balaban J connectivity index is 1.92. The lowest BCUT2D eigenvalue weighted by atomic mass is 10.0. The zero-order valence-electron chi connectivity index (χ0n) is 19.3. The van der Waals surface area contributed by atoms with E-state index in [1.807, 2.05) is 0 Å². The van der Waals surface area contributed by atoms with Gasteiger partial charge in [0.1, 0.15) is 10.8 Å². The van der Waals surface area contributed by atoms with Gasteiger partial charge in [0.2, 0.25) is 0 Å². The van der Waals surface area contributed by atoms with E-state index in [0.717, 1.165) is 66.6 Å². The summed E-state index contributed by atoms with van der Waals surface area (Å²) in [4.78, 5) is 2.58. The lowest BCUT2D eigenvalue weighted by Gasteiger charge is -2.35. The number of thioether (sulfide) groups is 1. The Kier molecular flexibility index (Phi) is 6.77. The van der Waals surface area contributed by atoms with Gasteiger partial charge in [-0.2, -0.15) is 5.10 Å². The van der Waals surface area contributed by atoms with Gasteiger partial charge in [-0.3, -0.25) is 0 Å². The molecule has 0 spiro atoms. The Morgan fingerprint density at radius 3 is 2.68 bits per heavy atom. The highest BCUT2D eigenvalue weighted by molar-refractivity contribution is 7.98. The van der Waals surface area contributed by atoms with Crippen molar-refractivity contribution in [1.29, 1.82) is 0 Å². The average Bonchev–Trinajstić information content (AvgIpc) is 3.16. The molecule has 1 saturated heterocycles. The number of fused-ring (bicyclic) bond motifs is 1. The second kappa shape index (κ2) is 9.53. The highest BCUT2D eigenvalue weighted by Gasteiger charge is 2.27. The van der Waals surface area contributed by atoms with E-state index in [4.69, 9.17) is 14.6 Å². The fourth-order valence-corrected chi connectivity index (χ4v) is 5.34. The van der Waals surface area contributed by atoms with Crippen LogP contribution in [0.5, 0.6) is 5.75 Å². The molecule has 1 fully saturated rings. The van der Waals surface area contributed by atoms with E-state index >= 15 is 0 Å². The average molecular weight is 440 g/mol. The normalized spacial score (nSPS) is 14.9. The van der Waals surface area contributed by atoms with Crippen molar-refractivity contribution >= 4 is 23.0 Å². The summed E-state index contributed by atoms with van der Waals surface area (Å²) in [6.45, 7) is 9.20. The first-order valence-corrected chi connectivity index (χ1v) is 12.4. The lowest BCUT2D eigenvalue weighted by Crippen LogP contribution is -2.40. The first kappa shape index (κ1) is 22.0. The predicted octanol–water partition coefficient (Wildman–Crippen LogP) is 5.74. The molecule has 1 aromatic carbocycles. The summed E-state index contributed by atoms with van der Waals surface area (Å²) >= 11 is 1.72. The molecular weight excluding hydrogens is 406 g/mol. The van der Waals surface area contributed by atoms with Crippen molar-refractivity contribution in [3.8, 4) is 17.0 Å². The number of methoxy groups -OCH3 is 1. The molecule has 166 valence electrons. The number of pyridine rings is 1. The van der Waals surface area contributed by atoms with Crippen LogP contribution in [0.4, 0.5) is 5.69 Å². The van der Waals surface area contributed by atoms with Crippen LogP contribution in [0.1, 0.15) is 37.3 Å². The zero-order valence-corrected chi connectivity index (χ0v) is 20.1. The molecule has 1 aliphatic heterocycles. The number of ether oxygens (including phenoxy) is 2. The van der Waals surface area contributed by atoms with Crippen LogP contribution >= 0.6 is 11.8 Å². The smallest absolute Gasteiger partial charge is 0.142 e. The van der Waals surface area contributed by atoms with Crippen molar-refractivity contribution in [3.05, 3.63) is 41.5 Å². The Morgan fingerprint density at radius 2 is 2.00 bits per heavy atom. The van der Waals surface area contributed by atoms with E-state index in [0.29, 0.717) is 6.04 Å². The van der Waals surface area contributed by atoms with Gasteiger partial charge in [0.15, 0.2) is 0 Å². The SMILES string of the molecule is CCCN(c1c(SC)nn2c(-c3c(C)cc(C)cc3OC)cccc12)C1CCOCC1. The number of anilines is 1. The minimum Gasteiger partial charge on any atom is -0.496 e. The number of aromatic nitrogens is 2. The van der Waals surface area contributed by atoms with Crippen LogP contribution < -0.4 is 9.64 Å². The Morgan fingerprint density at radius 1 is 1.23 bits per heavy atom. The molecular formula is C25H33N3O2S. The summed E-state index contributed by atoms with van der Waals surface area (Å²) < 4.78 is 13.5. The van der Waals surface area contributed by atoms with Crippen LogP contribution in [-0.4, -0.2) is 48.8 Å². The van der Waals surface area contributed by atoms with E-state index < -0.39 is 0 Å². The van der Waals surface area contributed by atoms with Crippen molar-refractivity contribution in [1.82, 2.24) is 9.61 Å². The Labute approximate surface area is 189 Å². The van der Waals surface area contributed by atoms with Crippen LogP contribution in [-0.2, 0) is 4.74 Å². The molecule has 0 radical (unpaired) electrons. The second-order valence-electron chi connectivity index (χ2n) is 8.26. The van der Waals surface area contributed by atoms with Gasteiger partial charge >= 0.3 is 0 Å². The largest absolute Gasteiger partial charge is 0.496 e. The predicted molar refractivity (Wildman–Crippen MR) is 130 cm³/mol. The van der Waals surface area contributed by atoms with Crippen molar-refractivity contribution in [3.63, 3.8) is 0 Å². The maximum absolute atomic E-state index is 5.78. The van der Waals surface area contributed by atoms with Gasteiger partial charge in [0.05, 0.1) is 24.0 Å². The standard InChI is InChI=1S/C25H33N3O2S/c1-6-12-27(19-10-13-30-14-11-19)24-21-9-7-8-20(28(21)26-25(24)31-5)23-18(3)15-17(2)16-22(23)29-4/h7-9,15-16,19H,6,10-14H2,1-5H3. The summed E-state index contributed by atoms with van der Waals surface area (Å²) in [6.07, 6.45) is 5.36. The molecule has 0 amide bonds. The van der Waals surface area contributed by atoms with Crippen molar-refractivity contribution in [2.24, 2.45) is 0 Å². The van der Waals surface area contributed by atoms with Crippen LogP contribution in [0.2, 0.25) is 0 Å². The molecule has 31 heavy (non-hydrogen) atoms. The number of nitrogens with zero attached hydrogens (tertiary/aromatic N) is 3. The summed E-state index contributed by atoms with van der Waals surface area (Å²) in [7, 11) is 1.74. The summed E-state index contributed by atoms with van der Waals surface area (Å²) in [5, 5.41) is 6.18. The van der Waals surface area contributed by atoms with Crippen molar-refractivity contribution < 1.29 is 9.47 Å². The third-order valence-electron chi connectivity index (χ3n) is 6.10. The number of rotatable bonds is 7. The van der Waals surface area contributed by atoms with E-state index in [1.165, 1.54) is 16.8 Å². The summed E-state index contributed by atoms with van der Waals surface area (Å²) in [5.74, 6) is 0.891. The second-order valence-corrected chi connectivity index (χ2v) is 9.06. The van der Waals surface area contributed by atoms with Crippen LogP contribution in [0.25, 0.3) is 16.8 Å². The van der Waals surface area contributed by atoms with Crippen molar-refractivity contribution in [2.75, 3.05) is 38.0 Å². The lowest BCUT2D eigenvalue weighted by molar-refractivity contribution is 0.0844.